The minimum atomic E-state index is -0.257. The smallest absolute Gasteiger partial charge is 0.258 e. The predicted octanol–water partition coefficient (Wildman–Crippen LogP) is 5.68. The van der Waals surface area contributed by atoms with Gasteiger partial charge in [0.15, 0.2) is 5.65 Å². The van der Waals surface area contributed by atoms with E-state index in [9.17, 15) is 4.79 Å². The molecule has 0 aliphatic heterocycles. The van der Waals surface area contributed by atoms with Gasteiger partial charge in [0, 0.05) is 29.6 Å². The number of hydrogen-bond acceptors (Lipinski definition) is 6. The highest BCUT2D eigenvalue weighted by Gasteiger charge is 2.20. The summed E-state index contributed by atoms with van der Waals surface area (Å²) >= 11 is 1.18. The molecule has 5 aromatic rings. The third-order valence-electron chi connectivity index (χ3n) is 5.62. The third-order valence-corrected chi connectivity index (χ3v) is 6.28. The van der Waals surface area contributed by atoms with Gasteiger partial charge in [0.05, 0.1) is 22.8 Å². The van der Waals surface area contributed by atoms with Crippen molar-refractivity contribution in [3.8, 4) is 11.3 Å². The number of hydrogen-bond donors (Lipinski definition) is 1. The molecule has 0 aliphatic carbocycles. The van der Waals surface area contributed by atoms with E-state index < -0.39 is 0 Å². The van der Waals surface area contributed by atoms with E-state index in [-0.39, 0.29) is 11.9 Å². The van der Waals surface area contributed by atoms with Crippen LogP contribution in [0.25, 0.3) is 22.3 Å². The lowest BCUT2D eigenvalue weighted by atomic mass is 10.0. The fourth-order valence-corrected chi connectivity index (χ4v) is 4.48. The van der Waals surface area contributed by atoms with Crippen molar-refractivity contribution in [3.63, 3.8) is 0 Å². The predicted molar refractivity (Wildman–Crippen MR) is 135 cm³/mol. The van der Waals surface area contributed by atoms with Crippen LogP contribution in [-0.2, 0) is 6.42 Å². The van der Waals surface area contributed by atoms with Crippen molar-refractivity contribution >= 4 is 33.6 Å². The van der Waals surface area contributed by atoms with Gasteiger partial charge in [0.2, 0.25) is 5.13 Å². The summed E-state index contributed by atoms with van der Waals surface area (Å²) < 4.78 is 6.26. The number of carbonyl (C=O) groups excluding carboxylic acids is 1. The van der Waals surface area contributed by atoms with Crippen LogP contribution in [0.15, 0.2) is 66.9 Å². The van der Waals surface area contributed by atoms with Crippen LogP contribution in [0.1, 0.15) is 47.2 Å². The number of aryl methyl sites for hydroxylation is 1. The maximum atomic E-state index is 13.4. The van der Waals surface area contributed by atoms with Gasteiger partial charge in [-0.15, -0.1) is 0 Å². The molecule has 0 saturated carbocycles. The Hall–Kier alpha value is -3.91. The summed E-state index contributed by atoms with van der Waals surface area (Å²) in [5.74, 6) is 0.424. The largest absolute Gasteiger partial charge is 0.297 e. The number of nitrogens with zero attached hydrogens (tertiary/aromatic N) is 5. The summed E-state index contributed by atoms with van der Waals surface area (Å²) in [6.07, 6.45) is 2.32. The van der Waals surface area contributed by atoms with E-state index in [4.69, 9.17) is 4.98 Å². The average molecular weight is 469 g/mol. The Morgan fingerprint density at radius 2 is 1.82 bits per heavy atom. The van der Waals surface area contributed by atoms with Crippen molar-refractivity contribution in [1.82, 2.24) is 24.1 Å². The lowest BCUT2D eigenvalue weighted by molar-refractivity contribution is 0.102. The van der Waals surface area contributed by atoms with Gasteiger partial charge in [0.1, 0.15) is 5.82 Å². The first-order valence-corrected chi connectivity index (χ1v) is 11.9. The molecular formula is C26H24N6OS. The minimum absolute atomic E-state index is 0.108. The topological polar surface area (TPSA) is 85.6 Å². The molecule has 5 rings (SSSR count). The van der Waals surface area contributed by atoms with Crippen molar-refractivity contribution < 1.29 is 4.79 Å². The highest BCUT2D eigenvalue weighted by atomic mass is 32.1. The molecule has 2 aromatic carbocycles. The molecule has 1 amide bonds. The highest BCUT2D eigenvalue weighted by Crippen LogP contribution is 2.29. The van der Waals surface area contributed by atoms with Crippen LogP contribution in [0, 0.1) is 6.92 Å². The van der Waals surface area contributed by atoms with Gasteiger partial charge < -0.3 is 0 Å². The Labute approximate surface area is 201 Å². The summed E-state index contributed by atoms with van der Waals surface area (Å²) in [5, 5.41) is 8.60. The lowest BCUT2D eigenvalue weighted by Crippen LogP contribution is -2.13. The summed E-state index contributed by atoms with van der Waals surface area (Å²) in [5.41, 5.74) is 5.12. The second-order valence-corrected chi connectivity index (χ2v) is 9.17. The Balaban J connectivity index is 1.50. The zero-order valence-electron chi connectivity index (χ0n) is 19.2. The average Bonchev–Trinajstić information content (AvgIpc) is 3.46. The van der Waals surface area contributed by atoms with E-state index in [0.717, 1.165) is 22.4 Å². The molecule has 0 saturated heterocycles. The Morgan fingerprint density at radius 1 is 1.06 bits per heavy atom. The normalized spacial score (nSPS) is 11.3. The number of nitrogens with one attached hydrogen (secondary N) is 1. The zero-order chi connectivity index (χ0) is 23.7. The lowest BCUT2D eigenvalue weighted by Gasteiger charge is -2.11. The van der Waals surface area contributed by atoms with Gasteiger partial charge in [-0.05, 0) is 38.0 Å². The number of anilines is 1. The van der Waals surface area contributed by atoms with Gasteiger partial charge in [0.25, 0.3) is 5.91 Å². The molecule has 0 fully saturated rings. The van der Waals surface area contributed by atoms with Crippen LogP contribution in [-0.4, -0.2) is 30.0 Å². The molecule has 1 N–H and O–H groups in total. The second-order valence-electron chi connectivity index (χ2n) is 8.42. The summed E-state index contributed by atoms with van der Waals surface area (Å²) in [7, 11) is 0. The molecule has 0 bridgehead atoms. The standard InChI is InChI=1S/C26H24N6OS/c1-16(2)32-24-21(15-27-32)20(14-22(28-24)19-12-8-7-9-17(19)3)25(33)30-26-29-23(31-34-26)13-18-10-5-4-6-11-18/h4-12,14-16H,13H2,1-3H3,(H,29,30,31,33). The second kappa shape index (κ2) is 9.15. The summed E-state index contributed by atoms with van der Waals surface area (Å²) in [6, 6.07) is 20.0. The van der Waals surface area contributed by atoms with E-state index in [1.54, 1.807) is 6.20 Å². The molecule has 0 unspecified atom stereocenters. The fourth-order valence-electron chi connectivity index (χ4n) is 3.90. The van der Waals surface area contributed by atoms with Gasteiger partial charge in [-0.1, -0.05) is 54.6 Å². The molecule has 3 aromatic heterocycles. The highest BCUT2D eigenvalue weighted by molar-refractivity contribution is 7.09. The number of pyridine rings is 1. The Morgan fingerprint density at radius 3 is 2.59 bits per heavy atom. The summed E-state index contributed by atoms with van der Waals surface area (Å²) in [4.78, 5) is 22.8. The molecule has 7 nitrogen and oxygen atoms in total. The maximum Gasteiger partial charge on any atom is 0.258 e. The van der Waals surface area contributed by atoms with Crippen molar-refractivity contribution in [2.75, 3.05) is 5.32 Å². The zero-order valence-corrected chi connectivity index (χ0v) is 20.0. The van der Waals surface area contributed by atoms with Crippen LogP contribution in [0.3, 0.4) is 0 Å². The SMILES string of the molecule is Cc1ccccc1-c1cc(C(=O)Nc2nc(Cc3ccccc3)ns2)c2cnn(C(C)C)c2n1. The van der Waals surface area contributed by atoms with E-state index in [1.807, 2.05) is 86.1 Å². The third kappa shape index (κ3) is 4.32. The van der Waals surface area contributed by atoms with Crippen LogP contribution >= 0.6 is 11.5 Å². The number of rotatable bonds is 6. The number of carbonyl (C=O) groups is 1. The van der Waals surface area contributed by atoms with Crippen LogP contribution in [0.5, 0.6) is 0 Å². The quantitative estimate of drug-likeness (QED) is 0.346. The first-order valence-electron chi connectivity index (χ1n) is 11.1. The number of fused-ring (bicyclic) bond motifs is 1. The molecule has 8 heteroatoms. The van der Waals surface area contributed by atoms with Crippen molar-refractivity contribution in [2.24, 2.45) is 0 Å². The molecule has 0 radical (unpaired) electrons. The van der Waals surface area contributed by atoms with Crippen molar-refractivity contribution in [2.45, 2.75) is 33.2 Å². The van der Waals surface area contributed by atoms with Crippen LogP contribution < -0.4 is 5.32 Å². The number of aromatic nitrogens is 5. The number of amides is 1. The van der Waals surface area contributed by atoms with Gasteiger partial charge in [-0.2, -0.15) is 9.47 Å². The summed E-state index contributed by atoms with van der Waals surface area (Å²) in [6.45, 7) is 6.13. The van der Waals surface area contributed by atoms with Crippen LogP contribution in [0.4, 0.5) is 5.13 Å². The van der Waals surface area contributed by atoms with Crippen molar-refractivity contribution in [3.05, 3.63) is 89.4 Å². The van der Waals surface area contributed by atoms with Crippen molar-refractivity contribution in [1.29, 1.82) is 0 Å². The van der Waals surface area contributed by atoms with Gasteiger partial charge in [-0.3, -0.25) is 10.1 Å². The maximum absolute atomic E-state index is 13.4. The molecule has 0 atom stereocenters. The molecular weight excluding hydrogens is 444 g/mol. The minimum Gasteiger partial charge on any atom is -0.297 e. The molecule has 0 aliphatic rings. The van der Waals surface area contributed by atoms with Gasteiger partial charge in [-0.25, -0.2) is 14.6 Å². The number of benzene rings is 2. The Bertz CT molecular complexity index is 1470. The van der Waals surface area contributed by atoms with E-state index in [1.165, 1.54) is 11.5 Å². The van der Waals surface area contributed by atoms with E-state index in [2.05, 4.69) is 19.8 Å². The molecule has 0 spiro atoms. The molecule has 3 heterocycles. The first kappa shape index (κ1) is 21.9. The van der Waals surface area contributed by atoms with E-state index in [0.29, 0.717) is 34.0 Å². The van der Waals surface area contributed by atoms with E-state index >= 15 is 0 Å². The van der Waals surface area contributed by atoms with Gasteiger partial charge >= 0.3 is 0 Å². The molecule has 170 valence electrons. The monoisotopic (exact) mass is 468 g/mol. The first-order chi connectivity index (χ1) is 16.5. The Kier molecular flexibility index (Phi) is 5.90. The molecule has 34 heavy (non-hydrogen) atoms. The van der Waals surface area contributed by atoms with Crippen LogP contribution in [0.2, 0.25) is 0 Å². The fraction of sp³-hybridized carbons (Fsp3) is 0.192.